The smallest absolute Gasteiger partial charge is 0.327 e. The van der Waals surface area contributed by atoms with Gasteiger partial charge in [-0.25, -0.2) is 9.59 Å². The number of methoxy groups -OCH3 is 1. The third kappa shape index (κ3) is 3.41. The number of piperidine rings is 1. The summed E-state index contributed by atoms with van der Waals surface area (Å²) in [5.74, 6) is -0.0720. The Hall–Kier alpha value is -1.83. The van der Waals surface area contributed by atoms with Gasteiger partial charge in [0.05, 0.1) is 6.61 Å². The predicted molar refractivity (Wildman–Crippen MR) is 81.8 cm³/mol. The summed E-state index contributed by atoms with van der Waals surface area (Å²) in [5.41, 5.74) is 0. The maximum Gasteiger partial charge on any atom is 0.327 e. The zero-order valence-corrected chi connectivity index (χ0v) is 13.5. The molecule has 8 heteroatoms. The Kier molecular flexibility index (Phi) is 4.70. The van der Waals surface area contributed by atoms with Crippen molar-refractivity contribution in [2.75, 3.05) is 39.9 Å². The van der Waals surface area contributed by atoms with Crippen LogP contribution in [-0.2, 0) is 9.53 Å². The molecule has 3 aliphatic rings. The lowest BCUT2D eigenvalue weighted by atomic mass is 10.0. The highest BCUT2D eigenvalue weighted by Crippen LogP contribution is 2.32. The average Bonchev–Trinajstić information content (AvgIpc) is 3.33. The summed E-state index contributed by atoms with van der Waals surface area (Å²) in [6.45, 7) is 2.38. The molecule has 3 rings (SSSR count). The molecule has 5 amide bonds. The number of hydrogen-bond acceptors (Lipinski definition) is 4. The molecule has 0 spiro atoms. The van der Waals surface area contributed by atoms with Crippen molar-refractivity contribution in [2.24, 2.45) is 0 Å². The molecule has 0 bridgehead atoms. The summed E-state index contributed by atoms with van der Waals surface area (Å²) < 4.78 is 4.91. The van der Waals surface area contributed by atoms with Crippen LogP contribution in [0.4, 0.5) is 9.59 Å². The molecule has 1 N–H and O–H groups in total. The minimum Gasteiger partial charge on any atom is -0.383 e. The van der Waals surface area contributed by atoms with Crippen molar-refractivity contribution < 1.29 is 19.1 Å². The molecule has 0 aromatic carbocycles. The van der Waals surface area contributed by atoms with Gasteiger partial charge in [-0.2, -0.15) is 0 Å². The number of nitrogens with zero attached hydrogens (tertiary/aromatic N) is 3. The first-order valence-corrected chi connectivity index (χ1v) is 8.26. The molecule has 2 heterocycles. The van der Waals surface area contributed by atoms with E-state index in [9.17, 15) is 14.4 Å². The fourth-order valence-electron chi connectivity index (χ4n) is 3.26. The Labute approximate surface area is 135 Å². The van der Waals surface area contributed by atoms with Gasteiger partial charge in [-0.1, -0.05) is 0 Å². The summed E-state index contributed by atoms with van der Waals surface area (Å²) in [6.07, 6.45) is 3.31. The number of carbonyl (C=O) groups is 3. The van der Waals surface area contributed by atoms with Crippen LogP contribution in [0.5, 0.6) is 0 Å². The van der Waals surface area contributed by atoms with Crippen molar-refractivity contribution in [2.45, 2.75) is 37.8 Å². The SMILES string of the molecule is COCCNC(=O)N1CCC(N2CC(=O)N(C3CC3)C2=O)CC1. The lowest BCUT2D eigenvalue weighted by Gasteiger charge is -2.36. The number of urea groups is 2. The van der Waals surface area contributed by atoms with E-state index >= 15 is 0 Å². The Morgan fingerprint density at radius 1 is 1.17 bits per heavy atom. The van der Waals surface area contributed by atoms with Gasteiger partial charge in [0.1, 0.15) is 6.54 Å². The maximum absolute atomic E-state index is 12.4. The fourth-order valence-corrected chi connectivity index (χ4v) is 3.26. The van der Waals surface area contributed by atoms with Crippen LogP contribution in [-0.4, -0.2) is 84.6 Å². The van der Waals surface area contributed by atoms with Crippen molar-refractivity contribution in [3.05, 3.63) is 0 Å². The molecule has 23 heavy (non-hydrogen) atoms. The van der Waals surface area contributed by atoms with Crippen LogP contribution in [0, 0.1) is 0 Å². The van der Waals surface area contributed by atoms with Crippen LogP contribution >= 0.6 is 0 Å². The quantitative estimate of drug-likeness (QED) is 0.580. The van der Waals surface area contributed by atoms with E-state index in [1.54, 1.807) is 16.9 Å². The first kappa shape index (κ1) is 16.0. The van der Waals surface area contributed by atoms with E-state index in [4.69, 9.17) is 4.74 Å². The van der Waals surface area contributed by atoms with E-state index in [1.807, 2.05) is 0 Å². The van der Waals surface area contributed by atoms with Gasteiger partial charge in [0.25, 0.3) is 5.91 Å². The summed E-state index contributed by atoms with van der Waals surface area (Å²) in [4.78, 5) is 41.3. The van der Waals surface area contributed by atoms with Gasteiger partial charge in [-0.15, -0.1) is 0 Å². The Balaban J connectivity index is 1.48. The van der Waals surface area contributed by atoms with Gasteiger partial charge in [-0.05, 0) is 25.7 Å². The van der Waals surface area contributed by atoms with Gasteiger partial charge >= 0.3 is 12.1 Å². The van der Waals surface area contributed by atoms with Gasteiger partial charge < -0.3 is 19.9 Å². The topological polar surface area (TPSA) is 82.2 Å². The van der Waals surface area contributed by atoms with Gasteiger partial charge in [-0.3, -0.25) is 9.69 Å². The maximum atomic E-state index is 12.4. The van der Waals surface area contributed by atoms with Crippen molar-refractivity contribution in [3.8, 4) is 0 Å². The van der Waals surface area contributed by atoms with Crippen LogP contribution in [0.3, 0.4) is 0 Å². The third-order valence-electron chi connectivity index (χ3n) is 4.71. The van der Waals surface area contributed by atoms with Gasteiger partial charge in [0.15, 0.2) is 0 Å². The minimum absolute atomic E-state index is 0.0539. The molecule has 128 valence electrons. The number of imide groups is 1. The largest absolute Gasteiger partial charge is 0.383 e. The summed E-state index contributed by atoms with van der Waals surface area (Å²) in [7, 11) is 1.59. The molecule has 0 unspecified atom stereocenters. The van der Waals surface area contributed by atoms with Crippen LogP contribution < -0.4 is 5.32 Å². The van der Waals surface area contributed by atoms with E-state index in [1.165, 1.54) is 4.90 Å². The minimum atomic E-state index is -0.138. The second-order valence-corrected chi connectivity index (χ2v) is 6.35. The van der Waals surface area contributed by atoms with E-state index in [2.05, 4.69) is 5.32 Å². The second kappa shape index (κ2) is 6.74. The number of ether oxygens (including phenoxy) is 1. The standard InChI is InChI=1S/C15H24N4O4/c1-23-9-6-16-14(21)17-7-4-11(5-8-17)18-10-13(20)19(15(18)22)12-2-3-12/h11-12H,2-10H2,1H3,(H,16,21). The highest BCUT2D eigenvalue weighted by Gasteiger charge is 2.47. The number of hydrogen-bond donors (Lipinski definition) is 1. The first-order chi connectivity index (χ1) is 11.1. The first-order valence-electron chi connectivity index (χ1n) is 8.26. The Morgan fingerprint density at radius 3 is 2.48 bits per heavy atom. The predicted octanol–water partition coefficient (Wildman–Crippen LogP) is 0.233. The van der Waals surface area contributed by atoms with E-state index < -0.39 is 0 Å². The van der Waals surface area contributed by atoms with Crippen LogP contribution in [0.2, 0.25) is 0 Å². The molecule has 0 radical (unpaired) electrons. The third-order valence-corrected chi connectivity index (χ3v) is 4.71. The normalized spacial score (nSPS) is 22.9. The zero-order valence-electron chi connectivity index (χ0n) is 13.5. The zero-order chi connectivity index (χ0) is 16.4. The summed E-state index contributed by atoms with van der Waals surface area (Å²) >= 11 is 0. The average molecular weight is 324 g/mol. The van der Waals surface area contributed by atoms with Crippen LogP contribution in [0.15, 0.2) is 0 Å². The molecule has 8 nitrogen and oxygen atoms in total. The van der Waals surface area contributed by atoms with Crippen molar-refractivity contribution in [1.29, 1.82) is 0 Å². The summed E-state index contributed by atoms with van der Waals surface area (Å²) in [5, 5.41) is 2.80. The molecule has 2 aliphatic heterocycles. The van der Waals surface area contributed by atoms with Crippen LogP contribution in [0.25, 0.3) is 0 Å². The molecule has 1 aliphatic carbocycles. The molecule has 0 aromatic rings. The van der Waals surface area contributed by atoms with Crippen molar-refractivity contribution in [3.63, 3.8) is 0 Å². The van der Waals surface area contributed by atoms with Gasteiger partial charge in [0.2, 0.25) is 0 Å². The molecule has 3 fully saturated rings. The number of nitrogens with one attached hydrogen (secondary N) is 1. The molecule has 1 saturated carbocycles. The molecular formula is C15H24N4O4. The fraction of sp³-hybridized carbons (Fsp3) is 0.800. The Morgan fingerprint density at radius 2 is 1.87 bits per heavy atom. The number of amides is 5. The van der Waals surface area contributed by atoms with E-state index in [-0.39, 0.29) is 36.6 Å². The molecule has 0 atom stereocenters. The molecule has 0 aromatic heterocycles. The number of carbonyl (C=O) groups excluding carboxylic acids is 3. The van der Waals surface area contributed by atoms with E-state index in [0.717, 1.165) is 25.7 Å². The van der Waals surface area contributed by atoms with Crippen molar-refractivity contribution in [1.82, 2.24) is 20.0 Å². The van der Waals surface area contributed by atoms with Crippen LogP contribution in [0.1, 0.15) is 25.7 Å². The highest BCUT2D eigenvalue weighted by atomic mass is 16.5. The van der Waals surface area contributed by atoms with Crippen molar-refractivity contribution >= 4 is 18.0 Å². The Bertz CT molecular complexity index is 486. The van der Waals surface area contributed by atoms with Gasteiger partial charge in [0, 0.05) is 38.8 Å². The number of likely N-dealkylation sites (tertiary alicyclic amines) is 1. The lowest BCUT2D eigenvalue weighted by Crippen LogP contribution is -2.50. The molecular weight excluding hydrogens is 300 g/mol. The molecule has 2 saturated heterocycles. The number of rotatable bonds is 5. The summed E-state index contributed by atoms with van der Waals surface area (Å²) in [6, 6.07) is -0.0469. The monoisotopic (exact) mass is 324 g/mol. The lowest BCUT2D eigenvalue weighted by molar-refractivity contribution is -0.125. The highest BCUT2D eigenvalue weighted by molar-refractivity contribution is 6.02. The second-order valence-electron chi connectivity index (χ2n) is 6.35. The van der Waals surface area contributed by atoms with E-state index in [0.29, 0.717) is 26.2 Å².